The third-order valence-corrected chi connectivity index (χ3v) is 18.1. The molecule has 1 fully saturated rings. The highest BCUT2D eigenvalue weighted by Crippen LogP contribution is 2.27. The Morgan fingerprint density at radius 2 is 0.800 bits per heavy atom. The second-order valence-corrected chi connectivity index (χ2v) is 25.5. The maximum atomic E-state index is 13.1. The molecule has 0 radical (unpaired) electrons. The highest BCUT2D eigenvalue weighted by atomic mass is 35.5. The molecule has 110 heavy (non-hydrogen) atoms. The molecule has 34 nitrogen and oxygen atoms in total. The van der Waals surface area contributed by atoms with Gasteiger partial charge in [0.2, 0.25) is 0 Å². The molecule has 0 atom stereocenters. The molecule has 0 unspecified atom stereocenters. The van der Waals surface area contributed by atoms with E-state index in [1.165, 1.54) is 77.7 Å². The molecule has 38 heteroatoms. The number of pyridine rings is 5. The zero-order valence-electron chi connectivity index (χ0n) is 58.0. The van der Waals surface area contributed by atoms with Crippen molar-refractivity contribution in [2.75, 3.05) is 44.6 Å². The Hall–Kier alpha value is -14.5. The molecule has 1 aliphatic rings. The van der Waals surface area contributed by atoms with Crippen molar-refractivity contribution in [2.24, 2.45) is 0 Å². The number of fused-ring (bicyclic) bond motifs is 12. The number of rotatable bonds is 8. The Morgan fingerprint density at radius 3 is 1.18 bits per heavy atom. The fourth-order valence-electron chi connectivity index (χ4n) is 12.4. The zero-order chi connectivity index (χ0) is 76.6. The number of H-pyrrole nitrogens is 4. The van der Waals surface area contributed by atoms with Crippen LogP contribution in [0.15, 0.2) is 208 Å². The number of piperazine rings is 1. The topological polar surface area (TPSA) is 398 Å². The molecule has 13 aromatic heterocycles. The molecule has 554 valence electrons. The molecule has 1 saturated heterocycles. The zero-order valence-corrected chi connectivity index (χ0v) is 58.7. The van der Waals surface area contributed by atoms with Crippen LogP contribution in [0.5, 0.6) is 0 Å². The summed E-state index contributed by atoms with van der Waals surface area (Å²) < 4.78 is 46.8. The van der Waals surface area contributed by atoms with E-state index in [-0.39, 0.29) is 45.3 Å². The number of nitrogens with one attached hydrogen (secondary N) is 7. The molecule has 0 spiro atoms. The summed E-state index contributed by atoms with van der Waals surface area (Å²) in [7, 11) is 0. The Labute approximate surface area is 618 Å². The summed E-state index contributed by atoms with van der Waals surface area (Å²) in [5.74, 6) is 0.398. The second-order valence-electron chi connectivity index (χ2n) is 25.0. The molecule has 4 amide bonds. The van der Waals surface area contributed by atoms with Gasteiger partial charge in [0.05, 0.1) is 112 Å². The van der Waals surface area contributed by atoms with E-state index < -0.39 is 24.8 Å². The van der Waals surface area contributed by atoms with Gasteiger partial charge in [-0.15, -0.1) is 0 Å². The first-order valence-corrected chi connectivity index (χ1v) is 34.3. The van der Waals surface area contributed by atoms with Crippen molar-refractivity contribution in [3.63, 3.8) is 0 Å². The van der Waals surface area contributed by atoms with Gasteiger partial charge >= 0.3 is 30.3 Å². The molecule has 17 aromatic rings. The van der Waals surface area contributed by atoms with Crippen molar-refractivity contribution in [3.05, 3.63) is 236 Å². The SMILES string of the molecule is CC(C)N1CCN(C(=O)n2ncc3c4[nH]n(-c5ccccc5)c(=O)c4cnc32)CC1.CCNC(=O)n1ncc2c3[nH]n(-c4ccc(Cl)cn4)c(=O)c3cnc21.O=C(NCC(F)(F)F)n1ncc2c3[nH]n(-c4ccccc4)c(=O)c3cnc21.O=C(Nc1ccccc1)n1ncc2c3[nH]n(-c4ccccc4)c(=O)c3cnc21. The van der Waals surface area contributed by atoms with Gasteiger partial charge in [0, 0.05) is 75.4 Å². The summed E-state index contributed by atoms with van der Waals surface area (Å²) in [5, 5.41) is 39.8. The van der Waals surface area contributed by atoms with Gasteiger partial charge in [0.15, 0.2) is 28.4 Å². The van der Waals surface area contributed by atoms with Crippen LogP contribution in [0, 0.1) is 0 Å². The van der Waals surface area contributed by atoms with Crippen LogP contribution >= 0.6 is 11.6 Å². The van der Waals surface area contributed by atoms with Gasteiger partial charge in [-0.1, -0.05) is 84.4 Å². The van der Waals surface area contributed by atoms with E-state index in [0.29, 0.717) is 130 Å². The van der Waals surface area contributed by atoms with Crippen LogP contribution in [0.2, 0.25) is 5.02 Å². The van der Waals surface area contributed by atoms with Gasteiger partial charge < -0.3 is 20.9 Å². The minimum atomic E-state index is -4.54. The van der Waals surface area contributed by atoms with Crippen LogP contribution in [-0.2, 0) is 0 Å². The lowest BCUT2D eigenvalue weighted by molar-refractivity contribution is -0.122. The van der Waals surface area contributed by atoms with Crippen molar-refractivity contribution < 1.29 is 32.3 Å². The van der Waals surface area contributed by atoms with Crippen molar-refractivity contribution in [2.45, 2.75) is 33.0 Å². The lowest BCUT2D eigenvalue weighted by atomic mass is 10.2. The average Bonchev–Trinajstić information content (AvgIpc) is 1.61. The Balaban J connectivity index is 0.000000117. The van der Waals surface area contributed by atoms with Gasteiger partial charge in [-0.05, 0) is 81.4 Å². The maximum Gasteiger partial charge on any atom is 0.405 e. The standard InChI is InChI=1S/C21H23N7O2.C20H14N6O2.C16H11F3N6O2.C15H12ClN7O2/c1-14(2)25-8-10-26(11-9-25)21(30)28-19-16(13-23-28)18-17(12-22-19)20(29)27(24-18)15-6-4-3-5-7-15;27-19-16-11-21-18-15(17(16)24-25(19)14-9-5-2-6-10-14)12-22-26(18)20(28)23-13-7-3-1-4-8-13;17-16(18,19)8-21-15(27)25-13-10(7-22-25)12-11(6-20-13)14(26)24(23-12)9-4-2-1-3-5-9;1-2-17-15(25)23-13-9(7-20-23)12-10(6-19-13)14(24)22(21-12)11-4-3-8(16)5-18-11/h3-7,12-14,24H,8-11H2,1-2H3;1-12,24H,(H,23,28);1-7,23H,8H2,(H,21,27);3-7,21H,2H2,1H3,(H,17,25). The summed E-state index contributed by atoms with van der Waals surface area (Å²) in [6.45, 7) is 8.11. The van der Waals surface area contributed by atoms with Gasteiger partial charge in [-0.25, -0.2) is 62.8 Å². The molecule has 14 heterocycles. The summed E-state index contributed by atoms with van der Waals surface area (Å²) in [5.41, 5.74) is 4.97. The van der Waals surface area contributed by atoms with Crippen molar-refractivity contribution in [1.82, 2.24) is 124 Å². The molecule has 18 rings (SSSR count). The molecular formula is C72H60ClF3N26O8. The first-order valence-electron chi connectivity index (χ1n) is 33.9. The fraction of sp³-hybridized carbons (Fsp3) is 0.153. The quantitative estimate of drug-likeness (QED) is 0.0745. The number of aromatic nitrogens is 21. The number of nitrogens with zero attached hydrogens (tertiary/aromatic N) is 19. The number of halogens is 4. The summed E-state index contributed by atoms with van der Waals surface area (Å²) in [6, 6.07) is 38.2. The first kappa shape index (κ1) is 71.1. The molecule has 1 aliphatic heterocycles. The Morgan fingerprint density at radius 1 is 0.436 bits per heavy atom. The number of carbonyl (C=O) groups is 4. The van der Waals surface area contributed by atoms with Crippen LogP contribution in [0.25, 0.3) is 111 Å². The number of hydrogen-bond donors (Lipinski definition) is 7. The molecular weight excluding hydrogens is 1450 g/mol. The number of benzene rings is 4. The minimum Gasteiger partial charge on any atom is -0.336 e. The molecule has 0 saturated carbocycles. The third-order valence-electron chi connectivity index (χ3n) is 17.9. The van der Waals surface area contributed by atoms with Crippen LogP contribution in [0.3, 0.4) is 0 Å². The lowest BCUT2D eigenvalue weighted by Gasteiger charge is -2.36. The van der Waals surface area contributed by atoms with Crippen molar-refractivity contribution in [1.29, 1.82) is 0 Å². The van der Waals surface area contributed by atoms with E-state index in [1.807, 2.05) is 85.8 Å². The van der Waals surface area contributed by atoms with Crippen molar-refractivity contribution in [3.8, 4) is 22.9 Å². The number of para-hydroxylation sites is 4. The predicted octanol–water partition coefficient (Wildman–Crippen LogP) is 9.07. The summed E-state index contributed by atoms with van der Waals surface area (Å²) >= 11 is 5.83. The van der Waals surface area contributed by atoms with Crippen LogP contribution < -0.4 is 38.2 Å². The minimum absolute atomic E-state index is 0.0311. The third kappa shape index (κ3) is 13.6. The predicted molar refractivity (Wildman–Crippen MR) is 402 cm³/mol. The maximum absolute atomic E-state index is 13.1. The average molecular weight is 1510 g/mol. The monoisotopic (exact) mass is 1510 g/mol. The number of alkyl halides is 3. The first-order chi connectivity index (χ1) is 53.2. The van der Waals surface area contributed by atoms with E-state index in [0.717, 1.165) is 28.1 Å². The molecule has 0 bridgehead atoms. The normalized spacial score (nSPS) is 12.6. The summed E-state index contributed by atoms with van der Waals surface area (Å²) in [4.78, 5) is 126. The highest BCUT2D eigenvalue weighted by Gasteiger charge is 2.30. The molecule has 4 aromatic carbocycles. The smallest absolute Gasteiger partial charge is 0.336 e. The van der Waals surface area contributed by atoms with Crippen LogP contribution in [0.1, 0.15) is 20.8 Å². The second kappa shape index (κ2) is 29.5. The fourth-order valence-corrected chi connectivity index (χ4v) is 12.5. The summed E-state index contributed by atoms with van der Waals surface area (Å²) in [6.07, 6.45) is 8.44. The largest absolute Gasteiger partial charge is 0.405 e. The van der Waals surface area contributed by atoms with Crippen LogP contribution in [0.4, 0.5) is 38.0 Å². The molecule has 0 aliphatic carbocycles. The highest BCUT2D eigenvalue weighted by molar-refractivity contribution is 6.30. The number of anilines is 1. The van der Waals surface area contributed by atoms with E-state index in [1.54, 1.807) is 71.0 Å². The number of aromatic amines is 4. The van der Waals surface area contributed by atoms with Gasteiger partial charge in [0.25, 0.3) is 22.2 Å². The van der Waals surface area contributed by atoms with Gasteiger partial charge in [0.1, 0.15) is 6.54 Å². The van der Waals surface area contributed by atoms with Crippen LogP contribution in [-0.4, -0.2) is 189 Å². The van der Waals surface area contributed by atoms with E-state index in [9.17, 15) is 51.5 Å². The number of amides is 4. The Bertz CT molecular complexity index is 6600. The van der Waals surface area contributed by atoms with Crippen molar-refractivity contribution >= 4 is 129 Å². The van der Waals surface area contributed by atoms with E-state index >= 15 is 0 Å². The number of carbonyl (C=O) groups excluding carboxylic acids is 4. The van der Waals surface area contributed by atoms with E-state index in [4.69, 9.17) is 11.6 Å². The van der Waals surface area contributed by atoms with Gasteiger partial charge in [-0.2, -0.15) is 52.3 Å². The Kier molecular flexibility index (Phi) is 19.0. The van der Waals surface area contributed by atoms with Gasteiger partial charge in [-0.3, -0.25) is 44.5 Å². The van der Waals surface area contributed by atoms with E-state index in [2.05, 4.69) is 95.1 Å². The number of hydrogen-bond acceptors (Lipinski definition) is 18. The lowest BCUT2D eigenvalue weighted by Crippen LogP contribution is -2.51. The molecule has 7 N–H and O–H groups in total.